The molecule has 1 aliphatic heterocycles. The van der Waals surface area contributed by atoms with Gasteiger partial charge in [-0.15, -0.1) is 0 Å². The first kappa shape index (κ1) is 13.0. The molecule has 0 aromatic carbocycles. The van der Waals surface area contributed by atoms with Crippen LogP contribution in [0.4, 0.5) is 5.82 Å². The van der Waals surface area contributed by atoms with Gasteiger partial charge >= 0.3 is 0 Å². The van der Waals surface area contributed by atoms with Gasteiger partial charge in [0.05, 0.1) is 3.57 Å². The average Bonchev–Trinajstić information content (AvgIpc) is 2.34. The summed E-state index contributed by atoms with van der Waals surface area (Å²) in [5, 5.41) is 3.37. The molecule has 0 unspecified atom stereocenters. The normalized spacial score (nSPS) is 18.2. The van der Waals surface area contributed by atoms with Crippen LogP contribution < -0.4 is 5.32 Å². The molecule has 0 aliphatic carbocycles. The second-order valence-electron chi connectivity index (χ2n) is 4.67. The molecule has 94 valence electrons. The highest BCUT2D eigenvalue weighted by molar-refractivity contribution is 14.1. The number of anilines is 1. The minimum atomic E-state index is 0.905. The number of hydrogen-bond acceptors (Lipinski definition) is 4. The Hall–Kier alpha value is -0.430. The van der Waals surface area contributed by atoms with Crippen molar-refractivity contribution < 1.29 is 0 Å². The summed E-state index contributed by atoms with van der Waals surface area (Å²) in [4.78, 5) is 10.7. The third-order valence-electron chi connectivity index (χ3n) is 3.26. The van der Waals surface area contributed by atoms with E-state index < -0.39 is 0 Å². The van der Waals surface area contributed by atoms with Crippen LogP contribution >= 0.6 is 22.6 Å². The molecule has 5 heteroatoms. The van der Waals surface area contributed by atoms with E-state index in [-0.39, 0.29) is 0 Å². The SMILES string of the molecule is CC1CCN(CCNc2ncncc2I)CC1. The first-order chi connectivity index (χ1) is 8.25. The average molecular weight is 346 g/mol. The van der Waals surface area contributed by atoms with Crippen molar-refractivity contribution in [2.75, 3.05) is 31.5 Å². The van der Waals surface area contributed by atoms with E-state index in [1.165, 1.54) is 25.9 Å². The number of likely N-dealkylation sites (tertiary alicyclic amines) is 1. The molecular weight excluding hydrogens is 327 g/mol. The number of aromatic nitrogens is 2. The summed E-state index contributed by atoms with van der Waals surface area (Å²) in [7, 11) is 0. The number of halogens is 1. The van der Waals surface area contributed by atoms with Crippen LogP contribution in [0.3, 0.4) is 0 Å². The van der Waals surface area contributed by atoms with Crippen molar-refractivity contribution in [1.82, 2.24) is 14.9 Å². The molecule has 1 saturated heterocycles. The lowest BCUT2D eigenvalue weighted by Gasteiger charge is -2.30. The van der Waals surface area contributed by atoms with Crippen molar-refractivity contribution >= 4 is 28.4 Å². The lowest BCUT2D eigenvalue weighted by atomic mass is 9.99. The van der Waals surface area contributed by atoms with Gasteiger partial charge in [0.2, 0.25) is 0 Å². The van der Waals surface area contributed by atoms with Crippen LogP contribution in [-0.4, -0.2) is 41.0 Å². The fourth-order valence-electron chi connectivity index (χ4n) is 2.06. The third kappa shape index (κ3) is 4.06. The molecule has 1 fully saturated rings. The highest BCUT2D eigenvalue weighted by Gasteiger charge is 2.14. The van der Waals surface area contributed by atoms with Gasteiger partial charge in [0, 0.05) is 19.3 Å². The lowest BCUT2D eigenvalue weighted by Crippen LogP contribution is -2.36. The molecule has 1 aromatic rings. The van der Waals surface area contributed by atoms with Gasteiger partial charge < -0.3 is 10.2 Å². The van der Waals surface area contributed by atoms with Gasteiger partial charge in [-0.2, -0.15) is 0 Å². The van der Waals surface area contributed by atoms with E-state index in [1.807, 2.05) is 6.20 Å². The Morgan fingerprint density at radius 2 is 2.24 bits per heavy atom. The van der Waals surface area contributed by atoms with Crippen molar-refractivity contribution in [3.05, 3.63) is 16.1 Å². The maximum Gasteiger partial charge on any atom is 0.142 e. The Kier molecular flexibility index (Phi) is 4.97. The molecule has 4 nitrogen and oxygen atoms in total. The van der Waals surface area contributed by atoms with Crippen molar-refractivity contribution in [3.63, 3.8) is 0 Å². The molecule has 17 heavy (non-hydrogen) atoms. The molecule has 1 aromatic heterocycles. The lowest BCUT2D eigenvalue weighted by molar-refractivity contribution is 0.199. The molecule has 2 rings (SSSR count). The molecule has 0 atom stereocenters. The Morgan fingerprint density at radius 1 is 1.47 bits per heavy atom. The monoisotopic (exact) mass is 346 g/mol. The summed E-state index contributed by atoms with van der Waals surface area (Å²) in [6.07, 6.45) is 6.10. The minimum Gasteiger partial charge on any atom is -0.368 e. The van der Waals surface area contributed by atoms with Gasteiger partial charge in [0.25, 0.3) is 0 Å². The van der Waals surface area contributed by atoms with Crippen molar-refractivity contribution in [2.24, 2.45) is 5.92 Å². The first-order valence-electron chi connectivity index (χ1n) is 6.17. The van der Waals surface area contributed by atoms with Crippen LogP contribution in [0.2, 0.25) is 0 Å². The summed E-state index contributed by atoms with van der Waals surface area (Å²) in [5.41, 5.74) is 0. The van der Waals surface area contributed by atoms with Crippen LogP contribution in [0.5, 0.6) is 0 Å². The fourth-order valence-corrected chi connectivity index (χ4v) is 2.55. The van der Waals surface area contributed by atoms with E-state index in [1.54, 1.807) is 6.33 Å². The van der Waals surface area contributed by atoms with E-state index in [9.17, 15) is 0 Å². The molecule has 1 N–H and O–H groups in total. The van der Waals surface area contributed by atoms with Crippen LogP contribution in [0.25, 0.3) is 0 Å². The smallest absolute Gasteiger partial charge is 0.142 e. The van der Waals surface area contributed by atoms with Crippen LogP contribution in [0.15, 0.2) is 12.5 Å². The Bertz CT molecular complexity index is 350. The van der Waals surface area contributed by atoms with Crippen LogP contribution in [0.1, 0.15) is 19.8 Å². The second-order valence-corrected chi connectivity index (χ2v) is 5.83. The first-order valence-corrected chi connectivity index (χ1v) is 7.25. The molecule has 0 spiro atoms. The Balaban J connectivity index is 1.71. The topological polar surface area (TPSA) is 41.0 Å². The van der Waals surface area contributed by atoms with Crippen LogP contribution in [0, 0.1) is 9.49 Å². The van der Waals surface area contributed by atoms with Crippen LogP contribution in [-0.2, 0) is 0 Å². The Labute approximate surface area is 116 Å². The van der Waals surface area contributed by atoms with E-state index >= 15 is 0 Å². The quantitative estimate of drug-likeness (QED) is 0.849. The van der Waals surface area contributed by atoms with E-state index in [2.05, 4.69) is 49.7 Å². The van der Waals surface area contributed by atoms with Gasteiger partial charge in [-0.1, -0.05) is 6.92 Å². The molecule has 0 amide bonds. The molecular formula is C12H19IN4. The largest absolute Gasteiger partial charge is 0.368 e. The fraction of sp³-hybridized carbons (Fsp3) is 0.667. The molecule has 0 radical (unpaired) electrons. The Morgan fingerprint density at radius 3 is 2.94 bits per heavy atom. The zero-order chi connectivity index (χ0) is 12.1. The molecule has 0 bridgehead atoms. The van der Waals surface area contributed by atoms with Gasteiger partial charge in [-0.05, 0) is 54.4 Å². The number of rotatable bonds is 4. The summed E-state index contributed by atoms with van der Waals surface area (Å²) in [6, 6.07) is 0. The zero-order valence-electron chi connectivity index (χ0n) is 10.2. The minimum absolute atomic E-state index is 0.905. The van der Waals surface area contributed by atoms with Gasteiger partial charge in [-0.3, -0.25) is 0 Å². The highest BCUT2D eigenvalue weighted by atomic mass is 127. The number of piperidine rings is 1. The third-order valence-corrected chi connectivity index (χ3v) is 4.05. The summed E-state index contributed by atoms with van der Waals surface area (Å²) in [5.74, 6) is 1.85. The molecule has 1 aliphatic rings. The number of nitrogens with zero attached hydrogens (tertiary/aromatic N) is 3. The highest BCUT2D eigenvalue weighted by Crippen LogP contribution is 2.16. The van der Waals surface area contributed by atoms with E-state index in [4.69, 9.17) is 0 Å². The van der Waals surface area contributed by atoms with E-state index in [0.29, 0.717) is 0 Å². The number of hydrogen-bond donors (Lipinski definition) is 1. The summed E-state index contributed by atoms with van der Waals surface area (Å²) in [6.45, 7) is 6.89. The second kappa shape index (κ2) is 6.49. The summed E-state index contributed by atoms with van der Waals surface area (Å²) < 4.78 is 1.08. The number of nitrogens with one attached hydrogen (secondary N) is 1. The maximum absolute atomic E-state index is 4.22. The maximum atomic E-state index is 4.22. The van der Waals surface area contributed by atoms with Gasteiger partial charge in [-0.25, -0.2) is 9.97 Å². The predicted molar refractivity (Wildman–Crippen MR) is 78.1 cm³/mol. The van der Waals surface area contributed by atoms with Crippen molar-refractivity contribution in [1.29, 1.82) is 0 Å². The summed E-state index contributed by atoms with van der Waals surface area (Å²) >= 11 is 2.26. The van der Waals surface area contributed by atoms with Crippen molar-refractivity contribution in [2.45, 2.75) is 19.8 Å². The van der Waals surface area contributed by atoms with Gasteiger partial charge in [0.15, 0.2) is 0 Å². The standard InChI is InChI=1S/C12H19IN4/c1-10-2-5-17(6-3-10)7-4-15-12-11(13)8-14-9-16-12/h8-10H,2-7H2,1H3,(H,14,15,16). The molecule has 2 heterocycles. The predicted octanol–water partition coefficient (Wildman–Crippen LogP) is 2.22. The van der Waals surface area contributed by atoms with Crippen molar-refractivity contribution in [3.8, 4) is 0 Å². The zero-order valence-corrected chi connectivity index (χ0v) is 12.4. The molecule has 0 saturated carbocycles. The van der Waals surface area contributed by atoms with E-state index in [0.717, 1.165) is 28.4 Å². The van der Waals surface area contributed by atoms with Gasteiger partial charge in [0.1, 0.15) is 12.1 Å².